The van der Waals surface area contributed by atoms with E-state index in [9.17, 15) is 0 Å². The molecule has 1 aromatic carbocycles. The number of rotatable bonds is 3. The number of hydrogen-bond donors (Lipinski definition) is 0. The Morgan fingerprint density at radius 1 is 1.40 bits per heavy atom. The second kappa shape index (κ2) is 5.14. The van der Waals surface area contributed by atoms with Crippen molar-refractivity contribution in [3.63, 3.8) is 0 Å². The van der Waals surface area contributed by atoms with Crippen LogP contribution in [0.15, 0.2) is 30.3 Å². The van der Waals surface area contributed by atoms with Gasteiger partial charge in [-0.25, -0.2) is 0 Å². The molecule has 0 radical (unpaired) electrons. The van der Waals surface area contributed by atoms with Crippen molar-refractivity contribution in [1.29, 1.82) is 0 Å². The number of methoxy groups -OCH3 is 1. The number of benzene rings is 1. The van der Waals surface area contributed by atoms with Gasteiger partial charge in [-0.1, -0.05) is 18.2 Å². The van der Waals surface area contributed by atoms with Crippen molar-refractivity contribution >= 4 is 5.69 Å². The molecule has 3 nitrogen and oxygen atoms in total. The first kappa shape index (κ1) is 10.5. The van der Waals surface area contributed by atoms with Gasteiger partial charge in [-0.05, 0) is 12.1 Å². The van der Waals surface area contributed by atoms with Crippen LogP contribution in [-0.4, -0.2) is 39.5 Å². The van der Waals surface area contributed by atoms with Gasteiger partial charge < -0.3 is 14.4 Å². The van der Waals surface area contributed by atoms with E-state index >= 15 is 0 Å². The number of ether oxygens (including phenoxy) is 2. The summed E-state index contributed by atoms with van der Waals surface area (Å²) in [6.45, 7) is 3.21. The Balaban J connectivity index is 2.11. The standard InChI is InChI=1S/C12H17NO2/c1-14-9-12-10-15-8-7-13(12)11-5-3-2-4-6-11/h2-6,12H,7-10H2,1H3. The van der Waals surface area contributed by atoms with Gasteiger partial charge in [0.15, 0.2) is 0 Å². The van der Waals surface area contributed by atoms with Crippen molar-refractivity contribution in [2.24, 2.45) is 0 Å². The zero-order valence-electron chi connectivity index (χ0n) is 9.06. The molecule has 2 rings (SSSR count). The maximum Gasteiger partial charge on any atom is 0.0758 e. The van der Waals surface area contributed by atoms with Gasteiger partial charge in [-0.15, -0.1) is 0 Å². The van der Waals surface area contributed by atoms with Gasteiger partial charge in [-0.3, -0.25) is 0 Å². The smallest absolute Gasteiger partial charge is 0.0758 e. The van der Waals surface area contributed by atoms with E-state index < -0.39 is 0 Å². The summed E-state index contributed by atoms with van der Waals surface area (Å²) >= 11 is 0. The monoisotopic (exact) mass is 207 g/mol. The fraction of sp³-hybridized carbons (Fsp3) is 0.500. The average molecular weight is 207 g/mol. The summed E-state index contributed by atoms with van der Waals surface area (Å²) in [4.78, 5) is 2.35. The fourth-order valence-electron chi connectivity index (χ4n) is 1.94. The Bertz CT molecular complexity index is 287. The van der Waals surface area contributed by atoms with Gasteiger partial charge in [-0.2, -0.15) is 0 Å². The summed E-state index contributed by atoms with van der Waals surface area (Å²) in [5, 5.41) is 0. The molecule has 1 aromatic rings. The predicted octanol–water partition coefficient (Wildman–Crippen LogP) is 1.54. The molecular weight excluding hydrogens is 190 g/mol. The van der Waals surface area contributed by atoms with E-state index in [2.05, 4.69) is 29.2 Å². The lowest BCUT2D eigenvalue weighted by atomic mass is 10.2. The normalized spacial score (nSPS) is 21.7. The second-order valence-corrected chi connectivity index (χ2v) is 3.71. The number of para-hydroxylation sites is 1. The van der Waals surface area contributed by atoms with Crippen LogP contribution in [0.4, 0.5) is 5.69 Å². The van der Waals surface area contributed by atoms with Crippen LogP contribution in [0.1, 0.15) is 0 Å². The third-order valence-electron chi connectivity index (χ3n) is 2.67. The molecule has 1 fully saturated rings. The first-order valence-corrected chi connectivity index (χ1v) is 5.30. The van der Waals surface area contributed by atoms with Crippen molar-refractivity contribution in [2.45, 2.75) is 6.04 Å². The number of hydrogen-bond acceptors (Lipinski definition) is 3. The first-order valence-electron chi connectivity index (χ1n) is 5.30. The lowest BCUT2D eigenvalue weighted by molar-refractivity contribution is 0.0602. The summed E-state index contributed by atoms with van der Waals surface area (Å²) in [5.74, 6) is 0. The highest BCUT2D eigenvalue weighted by atomic mass is 16.5. The van der Waals surface area contributed by atoms with Gasteiger partial charge >= 0.3 is 0 Å². The summed E-state index contributed by atoms with van der Waals surface area (Å²) in [6.07, 6.45) is 0. The van der Waals surface area contributed by atoms with Gasteiger partial charge in [0.2, 0.25) is 0 Å². The van der Waals surface area contributed by atoms with Crippen LogP contribution in [0.3, 0.4) is 0 Å². The van der Waals surface area contributed by atoms with Crippen LogP contribution in [-0.2, 0) is 9.47 Å². The van der Waals surface area contributed by atoms with E-state index in [4.69, 9.17) is 9.47 Å². The second-order valence-electron chi connectivity index (χ2n) is 3.71. The Kier molecular flexibility index (Phi) is 3.59. The minimum Gasteiger partial charge on any atom is -0.382 e. The van der Waals surface area contributed by atoms with Gasteiger partial charge in [0.25, 0.3) is 0 Å². The largest absolute Gasteiger partial charge is 0.382 e. The minimum absolute atomic E-state index is 0.339. The topological polar surface area (TPSA) is 21.7 Å². The molecule has 1 aliphatic heterocycles. The molecule has 0 spiro atoms. The number of morpholine rings is 1. The average Bonchev–Trinajstić information content (AvgIpc) is 2.31. The highest BCUT2D eigenvalue weighted by Crippen LogP contribution is 2.19. The van der Waals surface area contributed by atoms with Crippen molar-refractivity contribution in [3.05, 3.63) is 30.3 Å². The SMILES string of the molecule is COCC1COCCN1c1ccccc1. The molecule has 0 amide bonds. The zero-order chi connectivity index (χ0) is 10.5. The molecule has 3 heteroatoms. The molecule has 1 aliphatic rings. The molecule has 1 heterocycles. The molecular formula is C12H17NO2. The quantitative estimate of drug-likeness (QED) is 0.750. The lowest BCUT2D eigenvalue weighted by Gasteiger charge is -2.36. The summed E-state index contributed by atoms with van der Waals surface area (Å²) in [6, 6.07) is 10.8. The van der Waals surface area contributed by atoms with Crippen molar-refractivity contribution in [1.82, 2.24) is 0 Å². The molecule has 0 saturated carbocycles. The lowest BCUT2D eigenvalue weighted by Crippen LogP contribution is -2.48. The molecule has 15 heavy (non-hydrogen) atoms. The third kappa shape index (κ3) is 2.49. The minimum atomic E-state index is 0.339. The summed E-state index contributed by atoms with van der Waals surface area (Å²) < 4.78 is 10.7. The molecule has 0 bridgehead atoms. The molecule has 1 unspecified atom stereocenters. The van der Waals surface area contributed by atoms with Crippen LogP contribution in [0.25, 0.3) is 0 Å². The molecule has 82 valence electrons. The Morgan fingerprint density at radius 2 is 2.20 bits per heavy atom. The van der Waals surface area contributed by atoms with E-state index in [1.165, 1.54) is 5.69 Å². The number of anilines is 1. The van der Waals surface area contributed by atoms with Crippen molar-refractivity contribution < 1.29 is 9.47 Å². The Morgan fingerprint density at radius 3 is 2.93 bits per heavy atom. The summed E-state index contributed by atoms with van der Waals surface area (Å²) in [5.41, 5.74) is 1.25. The zero-order valence-corrected chi connectivity index (χ0v) is 9.06. The molecule has 0 aromatic heterocycles. The van der Waals surface area contributed by atoms with E-state index in [1.54, 1.807) is 7.11 Å². The van der Waals surface area contributed by atoms with Crippen LogP contribution in [0.2, 0.25) is 0 Å². The van der Waals surface area contributed by atoms with Crippen LogP contribution in [0, 0.1) is 0 Å². The number of nitrogens with zero attached hydrogens (tertiary/aromatic N) is 1. The Labute approximate surface area is 90.6 Å². The highest BCUT2D eigenvalue weighted by molar-refractivity contribution is 5.47. The van der Waals surface area contributed by atoms with Gasteiger partial charge in [0, 0.05) is 19.3 Å². The van der Waals surface area contributed by atoms with Crippen LogP contribution < -0.4 is 4.90 Å². The predicted molar refractivity (Wildman–Crippen MR) is 60.3 cm³/mol. The third-order valence-corrected chi connectivity index (χ3v) is 2.67. The highest BCUT2D eigenvalue weighted by Gasteiger charge is 2.22. The maximum absolute atomic E-state index is 5.46. The fourth-order valence-corrected chi connectivity index (χ4v) is 1.94. The first-order chi connectivity index (χ1) is 7.42. The molecule has 1 saturated heterocycles. The van der Waals surface area contributed by atoms with Crippen molar-refractivity contribution in [2.75, 3.05) is 38.4 Å². The van der Waals surface area contributed by atoms with Gasteiger partial charge in [0.1, 0.15) is 0 Å². The molecule has 0 N–H and O–H groups in total. The maximum atomic E-state index is 5.46. The van der Waals surface area contributed by atoms with Crippen molar-refractivity contribution in [3.8, 4) is 0 Å². The molecule has 1 atom stereocenters. The van der Waals surface area contributed by atoms with Gasteiger partial charge in [0.05, 0.1) is 25.9 Å². The summed E-state index contributed by atoms with van der Waals surface area (Å²) in [7, 11) is 1.73. The van der Waals surface area contributed by atoms with E-state index in [1.807, 2.05) is 6.07 Å². The van der Waals surface area contributed by atoms with E-state index in [0.717, 1.165) is 26.4 Å². The van der Waals surface area contributed by atoms with Crippen LogP contribution >= 0.6 is 0 Å². The molecule has 0 aliphatic carbocycles. The Hall–Kier alpha value is -1.06. The van der Waals surface area contributed by atoms with E-state index in [0.29, 0.717) is 6.04 Å². The van der Waals surface area contributed by atoms with E-state index in [-0.39, 0.29) is 0 Å². The van der Waals surface area contributed by atoms with Crippen LogP contribution in [0.5, 0.6) is 0 Å².